The Balaban J connectivity index is 1.59. The number of carbonyl (C=O) groups excluding carboxylic acids is 1. The van der Waals surface area contributed by atoms with E-state index >= 15 is 0 Å². The second-order valence-corrected chi connectivity index (χ2v) is 6.38. The summed E-state index contributed by atoms with van der Waals surface area (Å²) < 4.78 is 32.9. The van der Waals surface area contributed by atoms with Gasteiger partial charge in [-0.25, -0.2) is 13.8 Å². The minimum atomic E-state index is -0.924. The number of carbonyl (C=O) groups is 1. The minimum Gasteiger partial charge on any atom is -0.444 e. The lowest BCUT2D eigenvalue weighted by atomic mass is 10.0. The summed E-state index contributed by atoms with van der Waals surface area (Å²) in [4.78, 5) is 20.5. The van der Waals surface area contributed by atoms with Gasteiger partial charge in [-0.15, -0.1) is 0 Å². The van der Waals surface area contributed by atoms with Crippen LogP contribution in [-0.2, 0) is 0 Å². The maximum absolute atomic E-state index is 13.8. The smallest absolute Gasteiger partial charge is 0.261 e. The van der Waals surface area contributed by atoms with Crippen LogP contribution in [0.5, 0.6) is 0 Å². The van der Waals surface area contributed by atoms with Crippen LogP contribution in [0.1, 0.15) is 15.9 Å². The van der Waals surface area contributed by atoms with Crippen molar-refractivity contribution in [2.45, 2.75) is 6.92 Å². The highest BCUT2D eigenvalue weighted by atomic mass is 19.1. The first-order chi connectivity index (χ1) is 14.0. The Labute approximate surface area is 165 Å². The zero-order valence-corrected chi connectivity index (χ0v) is 15.3. The molecule has 2 aromatic heterocycles. The Bertz CT molecular complexity index is 1150. The number of nitrogens with zero attached hydrogens (tertiary/aromatic N) is 2. The Hall–Kier alpha value is -3.87. The molecule has 2 heterocycles. The van der Waals surface area contributed by atoms with Gasteiger partial charge < -0.3 is 9.73 Å². The number of pyridine rings is 1. The first kappa shape index (κ1) is 18.5. The predicted molar refractivity (Wildman–Crippen MR) is 104 cm³/mol. The molecule has 0 spiro atoms. The molecular formula is C22H15F2N3O2. The quantitative estimate of drug-likeness (QED) is 0.516. The SMILES string of the molecule is Cc1ccc(-c2cnco2)cc1-c1ccc(NC(=O)c2c(F)cccc2F)cn1. The molecule has 4 aromatic rings. The van der Waals surface area contributed by atoms with Crippen molar-refractivity contribution < 1.29 is 18.0 Å². The molecule has 0 saturated carbocycles. The number of amides is 1. The van der Waals surface area contributed by atoms with Crippen LogP contribution < -0.4 is 5.32 Å². The van der Waals surface area contributed by atoms with Gasteiger partial charge in [-0.2, -0.15) is 0 Å². The van der Waals surface area contributed by atoms with Crippen molar-refractivity contribution in [3.8, 4) is 22.6 Å². The average Bonchev–Trinajstić information content (AvgIpc) is 3.24. The van der Waals surface area contributed by atoms with E-state index in [1.165, 1.54) is 18.7 Å². The number of halogens is 2. The topological polar surface area (TPSA) is 68.0 Å². The Morgan fingerprint density at radius 1 is 1.03 bits per heavy atom. The molecule has 0 radical (unpaired) electrons. The summed E-state index contributed by atoms with van der Waals surface area (Å²) in [6.07, 6.45) is 4.43. The largest absolute Gasteiger partial charge is 0.444 e. The van der Waals surface area contributed by atoms with Crippen LogP contribution in [0.3, 0.4) is 0 Å². The fraction of sp³-hybridized carbons (Fsp3) is 0.0455. The number of nitrogens with one attached hydrogen (secondary N) is 1. The van der Waals surface area contributed by atoms with Gasteiger partial charge in [0.15, 0.2) is 12.2 Å². The molecule has 0 aliphatic rings. The minimum absolute atomic E-state index is 0.324. The summed E-state index contributed by atoms with van der Waals surface area (Å²) >= 11 is 0. The maximum atomic E-state index is 13.8. The van der Waals surface area contributed by atoms with Gasteiger partial charge in [0, 0.05) is 11.1 Å². The number of hydrogen-bond acceptors (Lipinski definition) is 4. The summed E-state index contributed by atoms with van der Waals surface area (Å²) in [5.74, 6) is -2.08. The van der Waals surface area contributed by atoms with Gasteiger partial charge in [-0.1, -0.05) is 18.2 Å². The van der Waals surface area contributed by atoms with Crippen LogP contribution in [0.15, 0.2) is 71.7 Å². The number of benzene rings is 2. The number of aryl methyl sites for hydroxylation is 1. The second kappa shape index (κ2) is 7.63. The van der Waals surface area contributed by atoms with Crippen LogP contribution in [0.25, 0.3) is 22.6 Å². The Morgan fingerprint density at radius 3 is 2.48 bits per heavy atom. The van der Waals surface area contributed by atoms with Crippen molar-refractivity contribution in [1.82, 2.24) is 9.97 Å². The molecule has 0 saturated heterocycles. The molecule has 5 nitrogen and oxygen atoms in total. The highest BCUT2D eigenvalue weighted by molar-refractivity contribution is 6.04. The average molecular weight is 391 g/mol. The van der Waals surface area contributed by atoms with E-state index < -0.39 is 23.1 Å². The summed E-state index contributed by atoms with van der Waals surface area (Å²) in [5, 5.41) is 2.46. The van der Waals surface area contributed by atoms with E-state index in [0.717, 1.165) is 28.8 Å². The first-order valence-corrected chi connectivity index (χ1v) is 8.74. The number of hydrogen-bond donors (Lipinski definition) is 1. The van der Waals surface area contributed by atoms with Crippen LogP contribution in [0, 0.1) is 18.6 Å². The van der Waals surface area contributed by atoms with Gasteiger partial charge in [-0.05, 0) is 42.8 Å². The third kappa shape index (κ3) is 3.75. The molecule has 144 valence electrons. The number of oxazole rings is 1. The van der Waals surface area contributed by atoms with Gasteiger partial charge in [0.2, 0.25) is 0 Å². The highest BCUT2D eigenvalue weighted by Crippen LogP contribution is 2.28. The molecule has 29 heavy (non-hydrogen) atoms. The lowest BCUT2D eigenvalue weighted by Crippen LogP contribution is -2.15. The molecule has 0 atom stereocenters. The number of anilines is 1. The molecule has 1 amide bonds. The first-order valence-electron chi connectivity index (χ1n) is 8.74. The van der Waals surface area contributed by atoms with Crippen LogP contribution in [0.2, 0.25) is 0 Å². The van der Waals surface area contributed by atoms with Crippen molar-refractivity contribution in [2.24, 2.45) is 0 Å². The number of aromatic nitrogens is 2. The summed E-state index contributed by atoms with van der Waals surface area (Å²) in [7, 11) is 0. The summed E-state index contributed by atoms with van der Waals surface area (Å²) in [5.41, 5.74) is 3.12. The van der Waals surface area contributed by atoms with Crippen molar-refractivity contribution in [3.63, 3.8) is 0 Å². The molecule has 4 rings (SSSR count). The van der Waals surface area contributed by atoms with Crippen molar-refractivity contribution in [1.29, 1.82) is 0 Å². The fourth-order valence-electron chi connectivity index (χ4n) is 2.95. The van der Waals surface area contributed by atoms with Gasteiger partial charge in [0.05, 0.1) is 23.8 Å². The van der Waals surface area contributed by atoms with Gasteiger partial charge >= 0.3 is 0 Å². The third-order valence-electron chi connectivity index (χ3n) is 4.44. The van der Waals surface area contributed by atoms with Gasteiger partial charge in [-0.3, -0.25) is 9.78 Å². The maximum Gasteiger partial charge on any atom is 0.261 e. The molecule has 7 heteroatoms. The van der Waals surface area contributed by atoms with Crippen LogP contribution in [-0.4, -0.2) is 15.9 Å². The second-order valence-electron chi connectivity index (χ2n) is 6.38. The lowest BCUT2D eigenvalue weighted by Gasteiger charge is -2.10. The monoisotopic (exact) mass is 391 g/mol. The normalized spacial score (nSPS) is 10.7. The fourth-order valence-corrected chi connectivity index (χ4v) is 2.95. The van der Waals surface area contributed by atoms with Crippen molar-refractivity contribution in [2.75, 3.05) is 5.32 Å². The standard InChI is InChI=1S/C22H15F2N3O2/c1-13-5-6-14(20-11-25-12-29-20)9-16(13)19-8-7-15(10-26-19)27-22(28)21-17(23)3-2-4-18(21)24/h2-12H,1H3,(H,27,28). The van der Waals surface area contributed by atoms with Crippen LogP contribution >= 0.6 is 0 Å². The molecule has 0 bridgehead atoms. The Morgan fingerprint density at radius 2 is 1.83 bits per heavy atom. The van der Waals surface area contributed by atoms with Gasteiger partial charge in [0.25, 0.3) is 5.91 Å². The molecule has 0 unspecified atom stereocenters. The van der Waals surface area contributed by atoms with Crippen LogP contribution in [0.4, 0.5) is 14.5 Å². The molecular weight excluding hydrogens is 376 g/mol. The lowest BCUT2D eigenvalue weighted by molar-refractivity contribution is 0.101. The van der Waals surface area contributed by atoms with E-state index in [1.807, 2.05) is 25.1 Å². The molecule has 1 N–H and O–H groups in total. The molecule has 0 aliphatic heterocycles. The zero-order valence-electron chi connectivity index (χ0n) is 15.3. The highest BCUT2D eigenvalue weighted by Gasteiger charge is 2.17. The third-order valence-corrected chi connectivity index (χ3v) is 4.44. The van der Waals surface area contributed by atoms with E-state index in [1.54, 1.807) is 18.3 Å². The number of rotatable bonds is 4. The summed E-state index contributed by atoms with van der Waals surface area (Å²) in [6.45, 7) is 1.96. The van der Waals surface area contributed by atoms with Gasteiger partial charge in [0.1, 0.15) is 17.2 Å². The van der Waals surface area contributed by atoms with E-state index in [9.17, 15) is 13.6 Å². The van der Waals surface area contributed by atoms with E-state index in [4.69, 9.17) is 4.42 Å². The molecule has 0 aliphatic carbocycles. The summed E-state index contributed by atoms with van der Waals surface area (Å²) in [6, 6.07) is 12.4. The zero-order chi connectivity index (χ0) is 20.4. The molecule has 0 fully saturated rings. The van der Waals surface area contributed by atoms with E-state index in [0.29, 0.717) is 17.1 Å². The Kier molecular flexibility index (Phi) is 4.87. The molecule has 2 aromatic carbocycles. The van der Waals surface area contributed by atoms with E-state index in [-0.39, 0.29) is 0 Å². The van der Waals surface area contributed by atoms with Crippen molar-refractivity contribution in [3.05, 3.63) is 90.1 Å². The van der Waals surface area contributed by atoms with E-state index in [2.05, 4.69) is 15.3 Å². The predicted octanol–water partition coefficient (Wildman–Crippen LogP) is 5.24. The van der Waals surface area contributed by atoms with Crippen molar-refractivity contribution >= 4 is 11.6 Å².